The molecule has 3 amide bonds. The number of carbonyl (C=O) groups is 2. The van der Waals surface area contributed by atoms with Gasteiger partial charge in [-0.3, -0.25) is 0 Å². The van der Waals surface area contributed by atoms with Gasteiger partial charge in [-0.05, 0) is 41.1 Å². The third-order valence-electron chi connectivity index (χ3n) is 5.74. The van der Waals surface area contributed by atoms with E-state index in [1.54, 1.807) is 25.1 Å². The van der Waals surface area contributed by atoms with Crippen LogP contribution in [0.4, 0.5) is 19.3 Å². The Kier molecular flexibility index (Phi) is 5.88. The second kappa shape index (κ2) is 8.57. The van der Waals surface area contributed by atoms with Gasteiger partial charge in [-0.25, -0.2) is 18.4 Å². The molecule has 0 saturated carbocycles. The minimum Gasteiger partial charge on any atom is -0.494 e. The maximum Gasteiger partial charge on any atom is 0.442 e. The monoisotopic (exact) mass is 498 g/mol. The summed E-state index contributed by atoms with van der Waals surface area (Å²) < 4.78 is 59.4. The second-order valence-electron chi connectivity index (χ2n) is 7.62. The van der Waals surface area contributed by atoms with E-state index >= 15 is 0 Å². The normalized spacial score (nSPS) is 19.1. The van der Waals surface area contributed by atoms with E-state index in [1.807, 2.05) is 6.07 Å². The molecule has 178 valence electrons. The van der Waals surface area contributed by atoms with Crippen molar-refractivity contribution in [1.82, 2.24) is 3.89 Å². The van der Waals surface area contributed by atoms with Crippen LogP contribution >= 0.6 is 0 Å². The van der Waals surface area contributed by atoms with Gasteiger partial charge in [-0.1, -0.05) is 18.2 Å². The Labute approximate surface area is 199 Å². The summed E-state index contributed by atoms with van der Waals surface area (Å²) >= 11 is 0. The van der Waals surface area contributed by atoms with Gasteiger partial charge in [0.15, 0.2) is 16.4 Å². The van der Waals surface area contributed by atoms with Crippen LogP contribution in [0.5, 0.6) is 5.75 Å². The van der Waals surface area contributed by atoms with E-state index < -0.39 is 48.3 Å². The van der Waals surface area contributed by atoms with E-state index in [-0.39, 0.29) is 34.7 Å². The van der Waals surface area contributed by atoms with Crippen molar-refractivity contribution < 1.29 is 31.5 Å². The van der Waals surface area contributed by atoms with Crippen molar-refractivity contribution in [2.24, 2.45) is 5.73 Å². The molecular formula is C24H18F2N3O5S+. The highest BCUT2D eigenvalue weighted by Crippen LogP contribution is 2.51. The molecule has 2 N–H and O–H groups in total. The molecular weight excluding hydrogens is 480 g/mol. The number of nitriles is 1. The number of primary amides is 1. The number of rotatable bonds is 5. The number of quaternary nitrogens is 1. The van der Waals surface area contributed by atoms with Crippen LogP contribution < -0.4 is 14.4 Å². The van der Waals surface area contributed by atoms with Gasteiger partial charge < -0.3 is 10.5 Å². The van der Waals surface area contributed by atoms with Crippen molar-refractivity contribution in [3.8, 4) is 11.8 Å². The van der Waals surface area contributed by atoms with Gasteiger partial charge in [-0.2, -0.15) is 13.7 Å². The number of sulfonamides is 1. The first-order valence-electron chi connectivity index (χ1n) is 10.3. The fourth-order valence-corrected chi connectivity index (χ4v) is 6.15. The quantitative estimate of drug-likeness (QED) is 0.535. The molecule has 0 bridgehead atoms. The van der Waals surface area contributed by atoms with Crippen LogP contribution in [0.25, 0.3) is 0 Å². The molecule has 3 aromatic carbocycles. The van der Waals surface area contributed by atoms with Crippen molar-refractivity contribution in [2.75, 3.05) is 6.61 Å². The molecule has 8 nitrogen and oxygen atoms in total. The SMILES string of the molecule is CCOc1ccccc1C1C(=O)[N+](C(N)=O)(S(=O)(=O)c2ccc(F)cc2F)c2ccc(C#N)cc21. The Hall–Kier alpha value is -4.14. The molecule has 1 aliphatic heterocycles. The number of benzene rings is 3. The third-order valence-corrected chi connectivity index (χ3v) is 7.90. The molecule has 3 aromatic rings. The van der Waals surface area contributed by atoms with Gasteiger partial charge in [0.2, 0.25) is 0 Å². The summed E-state index contributed by atoms with van der Waals surface area (Å²) in [7, 11) is -5.25. The Bertz CT molecular complexity index is 1530. The van der Waals surface area contributed by atoms with E-state index in [9.17, 15) is 32.0 Å². The maximum atomic E-state index is 14.7. The smallest absolute Gasteiger partial charge is 0.442 e. The van der Waals surface area contributed by atoms with Crippen molar-refractivity contribution in [1.29, 1.82) is 5.26 Å². The number of nitrogens with two attached hydrogens (primary N) is 1. The summed E-state index contributed by atoms with van der Waals surface area (Å²) in [4.78, 5) is 25.9. The summed E-state index contributed by atoms with van der Waals surface area (Å²) in [6.45, 7) is 1.93. The van der Waals surface area contributed by atoms with Gasteiger partial charge in [-0.15, -0.1) is 0 Å². The second-order valence-corrected chi connectivity index (χ2v) is 9.56. The fraction of sp³-hybridized carbons (Fsp3) is 0.125. The molecule has 4 rings (SSSR count). The van der Waals surface area contributed by atoms with Crippen LogP contribution in [0.15, 0.2) is 65.6 Å². The number of hydrogen-bond donors (Lipinski definition) is 1. The van der Waals surface area contributed by atoms with Crippen molar-refractivity contribution in [3.63, 3.8) is 0 Å². The predicted octanol–water partition coefficient (Wildman–Crippen LogP) is 3.68. The number of carbonyl (C=O) groups excluding carboxylic acids is 2. The lowest BCUT2D eigenvalue weighted by Crippen LogP contribution is -2.63. The first-order chi connectivity index (χ1) is 16.6. The number of fused-ring (bicyclic) bond motifs is 1. The number of ether oxygens (including phenoxy) is 1. The minimum atomic E-state index is -5.25. The molecule has 0 aliphatic carbocycles. The number of para-hydroxylation sites is 1. The molecule has 0 aromatic heterocycles. The molecule has 1 aliphatic rings. The summed E-state index contributed by atoms with van der Waals surface area (Å²) in [6, 6.07) is 11.9. The molecule has 2 unspecified atom stereocenters. The highest BCUT2D eigenvalue weighted by atomic mass is 32.2. The molecule has 1 heterocycles. The van der Waals surface area contributed by atoms with E-state index in [0.29, 0.717) is 18.2 Å². The zero-order chi connectivity index (χ0) is 25.5. The number of nitrogens with zero attached hydrogens (tertiary/aromatic N) is 2. The zero-order valence-corrected chi connectivity index (χ0v) is 19.1. The lowest BCUT2D eigenvalue weighted by Gasteiger charge is -2.26. The Balaban J connectivity index is 2.10. The summed E-state index contributed by atoms with van der Waals surface area (Å²) in [5.74, 6) is -4.91. The van der Waals surface area contributed by atoms with Gasteiger partial charge >= 0.3 is 22.0 Å². The third kappa shape index (κ3) is 3.38. The fourth-order valence-electron chi connectivity index (χ4n) is 4.31. The van der Waals surface area contributed by atoms with Crippen molar-refractivity contribution in [2.45, 2.75) is 17.7 Å². The lowest BCUT2D eigenvalue weighted by atomic mass is 9.91. The first-order valence-corrected chi connectivity index (χ1v) is 11.7. The summed E-state index contributed by atoms with van der Waals surface area (Å²) in [5.41, 5.74) is 5.57. The Morgan fingerprint density at radius 3 is 2.46 bits per heavy atom. The van der Waals surface area contributed by atoms with Crippen LogP contribution in [0, 0.1) is 23.0 Å². The highest BCUT2D eigenvalue weighted by molar-refractivity contribution is 7.92. The van der Waals surface area contributed by atoms with Gasteiger partial charge in [0, 0.05) is 23.3 Å². The average Bonchev–Trinajstić information content (AvgIpc) is 3.08. The standard InChI is InChI=1S/C24H17F2N3O5S/c1-2-34-20-6-4-3-5-16(20)22-17-11-14(13-27)7-9-19(17)29(23(22)30,24(28)31)35(32,33)21-10-8-15(25)12-18(21)26/h3-12,22H,2H2,1H3,(H-,28,31)/p+1. The predicted molar refractivity (Wildman–Crippen MR) is 121 cm³/mol. The topological polar surface area (TPSA) is 127 Å². The number of amides is 3. The lowest BCUT2D eigenvalue weighted by molar-refractivity contribution is -0.123. The maximum absolute atomic E-state index is 14.7. The van der Waals surface area contributed by atoms with Gasteiger partial charge in [0.1, 0.15) is 17.5 Å². The molecule has 0 spiro atoms. The largest absolute Gasteiger partial charge is 0.494 e. The number of urea groups is 1. The Morgan fingerprint density at radius 1 is 1.11 bits per heavy atom. The first kappa shape index (κ1) is 24.0. The zero-order valence-electron chi connectivity index (χ0n) is 18.2. The molecule has 0 radical (unpaired) electrons. The van der Waals surface area contributed by atoms with Crippen LogP contribution in [-0.4, -0.2) is 27.0 Å². The molecule has 0 fully saturated rings. The van der Waals surface area contributed by atoms with Crippen LogP contribution in [0.2, 0.25) is 0 Å². The molecule has 0 saturated heterocycles. The van der Waals surface area contributed by atoms with Crippen molar-refractivity contribution >= 4 is 27.6 Å². The highest BCUT2D eigenvalue weighted by Gasteiger charge is 2.67. The molecule has 11 heteroatoms. The van der Waals surface area contributed by atoms with E-state index in [2.05, 4.69) is 0 Å². The van der Waals surface area contributed by atoms with Crippen LogP contribution in [-0.2, 0) is 14.8 Å². The van der Waals surface area contributed by atoms with Crippen LogP contribution in [0.1, 0.15) is 29.5 Å². The average molecular weight is 498 g/mol. The number of halogens is 2. The van der Waals surface area contributed by atoms with E-state index in [1.165, 1.54) is 18.2 Å². The summed E-state index contributed by atoms with van der Waals surface area (Å²) in [6.07, 6.45) is 0. The Morgan fingerprint density at radius 2 is 1.83 bits per heavy atom. The molecule has 35 heavy (non-hydrogen) atoms. The molecule has 2 atom stereocenters. The van der Waals surface area contributed by atoms with Gasteiger partial charge in [0.25, 0.3) is 0 Å². The summed E-state index contributed by atoms with van der Waals surface area (Å²) in [5, 5.41) is 9.41. The number of imide groups is 1. The van der Waals surface area contributed by atoms with E-state index in [4.69, 9.17) is 10.5 Å². The minimum absolute atomic E-state index is 0.0195. The number of hydrogen-bond acceptors (Lipinski definition) is 6. The van der Waals surface area contributed by atoms with Gasteiger partial charge in [0.05, 0.1) is 18.2 Å². The van der Waals surface area contributed by atoms with E-state index in [0.717, 1.165) is 6.07 Å². The van der Waals surface area contributed by atoms with Crippen molar-refractivity contribution in [3.05, 3.63) is 89.0 Å². The van der Waals surface area contributed by atoms with Crippen LogP contribution in [0.3, 0.4) is 0 Å².